The van der Waals surface area contributed by atoms with Crippen molar-refractivity contribution in [2.45, 2.75) is 13.0 Å². The first-order chi connectivity index (χ1) is 12.1. The van der Waals surface area contributed by atoms with E-state index in [2.05, 4.69) is 28.9 Å². The van der Waals surface area contributed by atoms with Crippen LogP contribution in [-0.4, -0.2) is 61.0 Å². The third-order valence-electron chi connectivity index (χ3n) is 4.85. The van der Waals surface area contributed by atoms with Crippen LogP contribution in [0.4, 0.5) is 5.69 Å². The Labute approximate surface area is 149 Å². The molecule has 0 N–H and O–H groups in total. The maximum atomic E-state index is 13.2. The Balaban J connectivity index is 1.71. The molecule has 2 aromatic rings. The smallest absolute Gasteiger partial charge is 0.244 e. The monoisotopic (exact) mass is 338 g/mol. The second kappa shape index (κ2) is 7.66. The molecule has 0 radical (unpaired) electrons. The van der Waals surface area contributed by atoms with Crippen LogP contribution in [0.1, 0.15) is 17.2 Å². The van der Waals surface area contributed by atoms with Crippen molar-refractivity contribution in [2.24, 2.45) is 0 Å². The van der Waals surface area contributed by atoms with Gasteiger partial charge in [-0.1, -0.05) is 24.3 Å². The van der Waals surface area contributed by atoms with Gasteiger partial charge >= 0.3 is 0 Å². The van der Waals surface area contributed by atoms with Gasteiger partial charge in [0.25, 0.3) is 0 Å². The first-order valence-corrected chi connectivity index (χ1v) is 8.73. The van der Waals surface area contributed by atoms with E-state index in [1.54, 1.807) is 0 Å². The molecule has 25 heavy (non-hydrogen) atoms. The standard InChI is InChI=1S/C20H26N4O/c1-16-6-4-5-7-18(16)19(22(2)3)20(25)24-14-12-23(13-15-24)17-8-10-21-11-9-17/h4-11,19H,12-15H2,1-3H3. The fourth-order valence-corrected chi connectivity index (χ4v) is 3.44. The van der Waals surface area contributed by atoms with Gasteiger partial charge < -0.3 is 9.80 Å². The average molecular weight is 338 g/mol. The molecule has 1 atom stereocenters. The predicted molar refractivity (Wildman–Crippen MR) is 101 cm³/mol. The first kappa shape index (κ1) is 17.4. The lowest BCUT2D eigenvalue weighted by atomic mass is 9.99. The predicted octanol–water partition coefficient (Wildman–Crippen LogP) is 2.34. The summed E-state index contributed by atoms with van der Waals surface area (Å²) in [6.07, 6.45) is 3.63. The van der Waals surface area contributed by atoms with Gasteiger partial charge in [-0.3, -0.25) is 14.7 Å². The number of hydrogen-bond donors (Lipinski definition) is 0. The van der Waals surface area contributed by atoms with Gasteiger partial charge in [-0.05, 0) is 44.3 Å². The molecule has 2 heterocycles. The highest BCUT2D eigenvalue weighted by molar-refractivity contribution is 5.84. The van der Waals surface area contributed by atoms with Crippen LogP contribution in [0.3, 0.4) is 0 Å². The molecular formula is C20H26N4O. The Morgan fingerprint density at radius 3 is 2.28 bits per heavy atom. The Morgan fingerprint density at radius 2 is 1.68 bits per heavy atom. The van der Waals surface area contributed by atoms with E-state index >= 15 is 0 Å². The minimum Gasteiger partial charge on any atom is -0.368 e. The van der Waals surface area contributed by atoms with E-state index in [1.807, 2.05) is 60.6 Å². The van der Waals surface area contributed by atoms with Crippen LogP contribution in [0.25, 0.3) is 0 Å². The number of rotatable bonds is 4. The Bertz CT molecular complexity index is 709. The summed E-state index contributed by atoms with van der Waals surface area (Å²) in [6, 6.07) is 12.0. The van der Waals surface area contributed by atoms with Crippen LogP contribution in [0, 0.1) is 6.92 Å². The van der Waals surface area contributed by atoms with E-state index in [0.29, 0.717) is 0 Å². The number of amides is 1. The number of likely N-dealkylation sites (N-methyl/N-ethyl adjacent to an activating group) is 1. The molecule has 0 aliphatic carbocycles. The molecule has 132 valence electrons. The summed E-state index contributed by atoms with van der Waals surface area (Å²) in [4.78, 5) is 23.6. The highest BCUT2D eigenvalue weighted by atomic mass is 16.2. The number of aryl methyl sites for hydroxylation is 1. The van der Waals surface area contributed by atoms with E-state index in [0.717, 1.165) is 37.3 Å². The van der Waals surface area contributed by atoms with Gasteiger partial charge in [0.1, 0.15) is 6.04 Å². The van der Waals surface area contributed by atoms with Gasteiger partial charge in [0.15, 0.2) is 0 Å². The van der Waals surface area contributed by atoms with Gasteiger partial charge in [0.2, 0.25) is 5.91 Å². The lowest BCUT2D eigenvalue weighted by Crippen LogP contribution is -2.51. The maximum Gasteiger partial charge on any atom is 0.244 e. The number of carbonyl (C=O) groups is 1. The molecule has 0 spiro atoms. The molecule has 1 amide bonds. The fraction of sp³-hybridized carbons (Fsp3) is 0.400. The number of piperazine rings is 1. The molecule has 3 rings (SSSR count). The second-order valence-electron chi connectivity index (χ2n) is 6.74. The number of aromatic nitrogens is 1. The molecule has 1 aromatic carbocycles. The summed E-state index contributed by atoms with van der Waals surface area (Å²) in [5, 5.41) is 0. The molecule has 1 aromatic heterocycles. The van der Waals surface area contributed by atoms with Crippen molar-refractivity contribution in [3.63, 3.8) is 0 Å². The van der Waals surface area contributed by atoms with Gasteiger partial charge in [0.05, 0.1) is 0 Å². The fourth-order valence-electron chi connectivity index (χ4n) is 3.44. The largest absolute Gasteiger partial charge is 0.368 e. The highest BCUT2D eigenvalue weighted by Crippen LogP contribution is 2.25. The molecule has 5 heteroatoms. The van der Waals surface area contributed by atoms with Gasteiger partial charge in [-0.2, -0.15) is 0 Å². The molecule has 0 bridgehead atoms. The van der Waals surface area contributed by atoms with Crippen LogP contribution in [-0.2, 0) is 4.79 Å². The zero-order valence-electron chi connectivity index (χ0n) is 15.2. The van der Waals surface area contributed by atoms with E-state index in [4.69, 9.17) is 0 Å². The summed E-state index contributed by atoms with van der Waals surface area (Å²) in [7, 11) is 3.95. The molecule has 1 fully saturated rings. The molecule has 5 nitrogen and oxygen atoms in total. The van der Waals surface area contributed by atoms with Crippen LogP contribution >= 0.6 is 0 Å². The van der Waals surface area contributed by atoms with Crippen LogP contribution in [0.15, 0.2) is 48.8 Å². The SMILES string of the molecule is Cc1ccccc1C(C(=O)N1CCN(c2ccncc2)CC1)N(C)C. The van der Waals surface area contributed by atoms with Crippen molar-refractivity contribution in [1.29, 1.82) is 0 Å². The van der Waals surface area contributed by atoms with Crippen molar-refractivity contribution < 1.29 is 4.79 Å². The third-order valence-corrected chi connectivity index (χ3v) is 4.85. The van der Waals surface area contributed by atoms with Crippen molar-refractivity contribution in [1.82, 2.24) is 14.8 Å². The lowest BCUT2D eigenvalue weighted by molar-refractivity contribution is -0.136. The summed E-state index contributed by atoms with van der Waals surface area (Å²) < 4.78 is 0. The number of anilines is 1. The summed E-state index contributed by atoms with van der Waals surface area (Å²) in [5.41, 5.74) is 3.42. The molecule has 0 saturated carbocycles. The molecule has 1 unspecified atom stereocenters. The third kappa shape index (κ3) is 3.82. The number of benzene rings is 1. The van der Waals surface area contributed by atoms with Crippen molar-refractivity contribution in [3.05, 3.63) is 59.9 Å². The number of hydrogen-bond acceptors (Lipinski definition) is 4. The first-order valence-electron chi connectivity index (χ1n) is 8.73. The lowest BCUT2D eigenvalue weighted by Gasteiger charge is -2.39. The minimum atomic E-state index is -0.228. The van der Waals surface area contributed by atoms with Crippen LogP contribution in [0.2, 0.25) is 0 Å². The average Bonchev–Trinajstić information content (AvgIpc) is 2.64. The zero-order valence-corrected chi connectivity index (χ0v) is 15.2. The van der Waals surface area contributed by atoms with Crippen LogP contribution < -0.4 is 4.90 Å². The molecule has 1 saturated heterocycles. The summed E-state index contributed by atoms with van der Waals surface area (Å²) in [5.74, 6) is 0.189. The van der Waals surface area contributed by atoms with E-state index in [1.165, 1.54) is 5.69 Å². The molecular weight excluding hydrogens is 312 g/mol. The topological polar surface area (TPSA) is 39.7 Å². The van der Waals surface area contributed by atoms with Crippen molar-refractivity contribution in [2.75, 3.05) is 45.2 Å². The Hall–Kier alpha value is -2.40. The molecule has 1 aliphatic heterocycles. The quantitative estimate of drug-likeness (QED) is 0.858. The second-order valence-corrected chi connectivity index (χ2v) is 6.74. The number of nitrogens with zero attached hydrogens (tertiary/aromatic N) is 4. The minimum absolute atomic E-state index is 0.189. The van der Waals surface area contributed by atoms with E-state index in [9.17, 15) is 4.79 Å². The highest BCUT2D eigenvalue weighted by Gasteiger charge is 2.30. The Morgan fingerprint density at radius 1 is 1.04 bits per heavy atom. The zero-order chi connectivity index (χ0) is 17.8. The Kier molecular flexibility index (Phi) is 5.34. The number of carbonyl (C=O) groups excluding carboxylic acids is 1. The van der Waals surface area contributed by atoms with Gasteiger partial charge in [-0.25, -0.2) is 0 Å². The van der Waals surface area contributed by atoms with Crippen LogP contribution in [0.5, 0.6) is 0 Å². The normalized spacial score (nSPS) is 16.2. The summed E-state index contributed by atoms with van der Waals surface area (Å²) >= 11 is 0. The molecule has 1 aliphatic rings. The maximum absolute atomic E-state index is 13.2. The van der Waals surface area contributed by atoms with E-state index < -0.39 is 0 Å². The van der Waals surface area contributed by atoms with Crippen molar-refractivity contribution in [3.8, 4) is 0 Å². The van der Waals surface area contributed by atoms with Gasteiger partial charge in [-0.15, -0.1) is 0 Å². The number of pyridine rings is 1. The van der Waals surface area contributed by atoms with Crippen molar-refractivity contribution >= 4 is 11.6 Å². The summed E-state index contributed by atoms with van der Waals surface area (Å²) in [6.45, 7) is 5.27. The van der Waals surface area contributed by atoms with Gasteiger partial charge in [0, 0.05) is 44.3 Å². The van der Waals surface area contributed by atoms with E-state index in [-0.39, 0.29) is 11.9 Å².